The maximum absolute atomic E-state index is 12.9. The molecule has 206 valence electrons. The third-order valence-corrected chi connectivity index (χ3v) is 6.43. The number of nitrogens with one attached hydrogen (secondary N) is 1. The molecule has 39 heavy (non-hydrogen) atoms. The van der Waals surface area contributed by atoms with Gasteiger partial charge in [-0.05, 0) is 38.3 Å². The summed E-state index contributed by atoms with van der Waals surface area (Å²) in [6, 6.07) is 7.21. The number of aromatic nitrogens is 3. The van der Waals surface area contributed by atoms with E-state index in [1.165, 1.54) is 6.07 Å². The number of carbonyl (C=O) groups is 2. The number of rotatable bonds is 5. The molecule has 3 aliphatic carbocycles. The molecule has 6 rings (SSSR count). The van der Waals surface area contributed by atoms with Crippen LogP contribution in [0.15, 0.2) is 36.7 Å². The minimum atomic E-state index is -5.08. The van der Waals surface area contributed by atoms with E-state index in [4.69, 9.17) is 19.6 Å². The number of halogens is 6. The summed E-state index contributed by atoms with van der Waals surface area (Å²) in [6.45, 7) is 2.10. The number of carbonyl (C=O) groups excluding carboxylic acids is 1. The average Bonchev–Trinajstić information content (AvgIpc) is 3.20. The molecule has 3 aliphatic rings. The van der Waals surface area contributed by atoms with Crippen LogP contribution >= 0.6 is 0 Å². The van der Waals surface area contributed by atoms with Gasteiger partial charge in [-0.15, -0.1) is 0 Å². The van der Waals surface area contributed by atoms with Crippen molar-refractivity contribution in [3.05, 3.63) is 53.7 Å². The predicted octanol–water partition coefficient (Wildman–Crippen LogP) is 4.98. The van der Waals surface area contributed by atoms with E-state index in [0.717, 1.165) is 37.1 Å². The first kappa shape index (κ1) is 27.7. The first-order valence-electron chi connectivity index (χ1n) is 11.3. The highest BCUT2D eigenvalue weighted by molar-refractivity contribution is 6.03. The molecular weight excluding hydrogens is 536 g/mol. The van der Waals surface area contributed by atoms with Gasteiger partial charge in [0, 0.05) is 23.9 Å². The number of anilines is 1. The first-order valence-corrected chi connectivity index (χ1v) is 11.3. The number of ether oxygens (including phenoxy) is 1. The largest absolute Gasteiger partial charge is 0.491 e. The van der Waals surface area contributed by atoms with Crippen molar-refractivity contribution in [3.8, 4) is 11.8 Å². The SMILES string of the molecule is CCOc1cc2nc(C34CC(C#N)(C3)C4)cn2cc1NC(=O)c1cccc(C(F)(F)F)n1.O=C(O)C(F)(F)F. The highest BCUT2D eigenvalue weighted by Crippen LogP contribution is 2.73. The first-order chi connectivity index (χ1) is 18.1. The van der Waals surface area contributed by atoms with Crippen molar-refractivity contribution in [3.63, 3.8) is 0 Å². The molecule has 3 aromatic heterocycles. The molecule has 0 aromatic carbocycles. The lowest BCUT2D eigenvalue weighted by Crippen LogP contribution is -2.63. The number of hydrogen-bond donors (Lipinski definition) is 2. The van der Waals surface area contributed by atoms with Gasteiger partial charge in [-0.1, -0.05) is 6.07 Å². The van der Waals surface area contributed by atoms with Gasteiger partial charge < -0.3 is 19.6 Å². The second-order valence-electron chi connectivity index (χ2n) is 9.24. The number of imidazole rings is 1. The fraction of sp³-hybridized carbons (Fsp3) is 0.375. The van der Waals surface area contributed by atoms with Crippen LogP contribution in [-0.4, -0.2) is 44.1 Å². The normalized spacial score (nSPS) is 21.5. The van der Waals surface area contributed by atoms with Gasteiger partial charge in [-0.3, -0.25) is 4.79 Å². The maximum Gasteiger partial charge on any atom is 0.490 e. The molecule has 0 atom stereocenters. The molecule has 15 heteroatoms. The molecule has 1 amide bonds. The number of hydrogen-bond acceptors (Lipinski definition) is 6. The van der Waals surface area contributed by atoms with Crippen LogP contribution in [-0.2, 0) is 16.4 Å². The van der Waals surface area contributed by atoms with Crippen LogP contribution in [0.3, 0.4) is 0 Å². The van der Waals surface area contributed by atoms with Crippen LogP contribution in [0, 0.1) is 16.7 Å². The van der Waals surface area contributed by atoms with E-state index >= 15 is 0 Å². The summed E-state index contributed by atoms with van der Waals surface area (Å²) < 4.78 is 77.9. The summed E-state index contributed by atoms with van der Waals surface area (Å²) in [6.07, 6.45) is -3.86. The zero-order chi connectivity index (χ0) is 28.8. The Labute approximate surface area is 216 Å². The van der Waals surface area contributed by atoms with Gasteiger partial charge >= 0.3 is 18.3 Å². The highest BCUT2D eigenvalue weighted by atomic mass is 19.4. The Morgan fingerprint density at radius 2 is 1.79 bits per heavy atom. The zero-order valence-corrected chi connectivity index (χ0v) is 20.0. The zero-order valence-electron chi connectivity index (χ0n) is 20.0. The van der Waals surface area contributed by atoms with E-state index in [0.29, 0.717) is 23.7 Å². The summed E-state index contributed by atoms with van der Waals surface area (Å²) in [7, 11) is 0. The van der Waals surface area contributed by atoms with Crippen molar-refractivity contribution in [2.45, 2.75) is 44.0 Å². The van der Waals surface area contributed by atoms with Gasteiger partial charge in [0.05, 0.1) is 23.8 Å². The monoisotopic (exact) mass is 555 g/mol. The highest BCUT2D eigenvalue weighted by Gasteiger charge is 2.70. The Morgan fingerprint density at radius 3 is 2.33 bits per heavy atom. The fourth-order valence-electron chi connectivity index (χ4n) is 4.72. The summed E-state index contributed by atoms with van der Waals surface area (Å²) in [4.78, 5) is 29.6. The lowest BCUT2D eigenvalue weighted by atomic mass is 9.35. The lowest BCUT2D eigenvalue weighted by molar-refractivity contribution is -0.192. The van der Waals surface area contributed by atoms with Crippen molar-refractivity contribution in [1.29, 1.82) is 5.26 Å². The van der Waals surface area contributed by atoms with E-state index < -0.39 is 29.9 Å². The van der Waals surface area contributed by atoms with Crippen molar-refractivity contribution in [2.24, 2.45) is 5.41 Å². The van der Waals surface area contributed by atoms with E-state index in [1.54, 1.807) is 23.6 Å². The minimum Gasteiger partial charge on any atom is -0.491 e. The predicted molar refractivity (Wildman–Crippen MR) is 121 cm³/mol. The van der Waals surface area contributed by atoms with Crippen molar-refractivity contribution >= 4 is 23.2 Å². The topological polar surface area (TPSA) is 130 Å². The molecular formula is C24H19F6N5O4. The molecule has 3 aromatic rings. The molecule has 0 spiro atoms. The minimum absolute atomic E-state index is 0.0705. The molecule has 0 saturated heterocycles. The number of alkyl halides is 6. The van der Waals surface area contributed by atoms with Gasteiger partial charge in [-0.25, -0.2) is 14.8 Å². The van der Waals surface area contributed by atoms with Gasteiger partial charge in [0.2, 0.25) is 0 Å². The van der Waals surface area contributed by atoms with Crippen LogP contribution < -0.4 is 10.1 Å². The van der Waals surface area contributed by atoms with Crippen LogP contribution in [0.1, 0.15) is 48.1 Å². The Morgan fingerprint density at radius 1 is 1.15 bits per heavy atom. The molecule has 9 nitrogen and oxygen atoms in total. The number of fused-ring (bicyclic) bond motifs is 1. The quantitative estimate of drug-likeness (QED) is 0.425. The van der Waals surface area contributed by atoms with E-state index in [-0.39, 0.29) is 16.5 Å². The Hall–Kier alpha value is -4.35. The average molecular weight is 555 g/mol. The van der Waals surface area contributed by atoms with E-state index in [2.05, 4.69) is 16.4 Å². The number of pyridine rings is 2. The number of nitrogens with zero attached hydrogens (tertiary/aromatic N) is 4. The third kappa shape index (κ3) is 5.31. The second-order valence-corrected chi connectivity index (χ2v) is 9.24. The van der Waals surface area contributed by atoms with Gasteiger partial charge in [0.15, 0.2) is 0 Å². The third-order valence-electron chi connectivity index (χ3n) is 6.43. The molecule has 0 aliphatic heterocycles. The summed E-state index contributed by atoms with van der Waals surface area (Å²) in [5, 5.41) is 19.0. The molecule has 0 unspecified atom stereocenters. The Kier molecular flexibility index (Phi) is 6.70. The van der Waals surface area contributed by atoms with E-state index in [9.17, 15) is 36.4 Å². The molecule has 3 heterocycles. The molecule has 2 N–H and O–H groups in total. The molecule has 2 bridgehead atoms. The number of nitriles is 1. The van der Waals surface area contributed by atoms with Gasteiger partial charge in [0.25, 0.3) is 5.91 Å². The second kappa shape index (κ2) is 9.44. The fourth-order valence-corrected chi connectivity index (χ4v) is 4.72. The number of aliphatic carboxylic acids is 1. The number of carboxylic acids is 1. The summed E-state index contributed by atoms with van der Waals surface area (Å²) >= 11 is 0. The number of carboxylic acid groups (broad SMARTS) is 1. The molecule has 0 radical (unpaired) electrons. The van der Waals surface area contributed by atoms with Crippen molar-refractivity contribution in [1.82, 2.24) is 14.4 Å². The number of amides is 1. The standard InChI is InChI=1S/C22H18F3N5O2.C2HF3O2/c1-2-32-15-6-18-29-17(21-9-20(10-21,11-21)12-26)8-30(18)7-14(15)28-19(31)13-4-3-5-16(27-13)22(23,24)25;3-2(4,5)1(6)7/h3-8H,2,9-11H2,1H3,(H,28,31);(H,6,7). The summed E-state index contributed by atoms with van der Waals surface area (Å²) in [5.41, 5.74) is 0.0263. The Balaban J connectivity index is 0.000000448. The van der Waals surface area contributed by atoms with Gasteiger partial charge in [0.1, 0.15) is 28.5 Å². The molecule has 3 saturated carbocycles. The maximum atomic E-state index is 12.9. The van der Waals surface area contributed by atoms with Crippen molar-refractivity contribution in [2.75, 3.05) is 11.9 Å². The van der Waals surface area contributed by atoms with Crippen LogP contribution in [0.2, 0.25) is 0 Å². The van der Waals surface area contributed by atoms with E-state index in [1.807, 2.05) is 6.20 Å². The van der Waals surface area contributed by atoms with Gasteiger partial charge in [-0.2, -0.15) is 31.6 Å². The van der Waals surface area contributed by atoms with Crippen molar-refractivity contribution < 1.29 is 45.8 Å². The Bertz CT molecular complexity index is 1470. The smallest absolute Gasteiger partial charge is 0.490 e. The van der Waals surface area contributed by atoms with Crippen LogP contribution in [0.4, 0.5) is 32.0 Å². The lowest BCUT2D eigenvalue weighted by Gasteiger charge is -2.66. The summed E-state index contributed by atoms with van der Waals surface area (Å²) in [5.74, 6) is -3.19. The van der Waals surface area contributed by atoms with Crippen LogP contribution in [0.25, 0.3) is 5.65 Å². The van der Waals surface area contributed by atoms with Crippen LogP contribution in [0.5, 0.6) is 5.75 Å². The molecule has 3 fully saturated rings.